The Morgan fingerprint density at radius 2 is 2.00 bits per heavy atom. The Balaban J connectivity index is 1.15. The number of pyridine rings is 1. The zero-order valence-corrected chi connectivity index (χ0v) is 19.8. The van der Waals surface area contributed by atoms with Crippen molar-refractivity contribution in [1.82, 2.24) is 29.5 Å². The first-order chi connectivity index (χ1) is 17.1. The van der Waals surface area contributed by atoms with Gasteiger partial charge in [0.25, 0.3) is 0 Å². The molecule has 5 heterocycles. The van der Waals surface area contributed by atoms with E-state index < -0.39 is 6.09 Å². The highest BCUT2D eigenvalue weighted by molar-refractivity contribution is 7.12. The molecule has 1 aliphatic heterocycles. The van der Waals surface area contributed by atoms with Crippen molar-refractivity contribution in [1.29, 1.82) is 0 Å². The maximum Gasteiger partial charge on any atom is 0.410 e. The van der Waals surface area contributed by atoms with Crippen LogP contribution in [0.25, 0.3) is 16.9 Å². The topological polar surface area (TPSA) is 127 Å². The van der Waals surface area contributed by atoms with Crippen LogP contribution in [0, 0.1) is 5.92 Å². The Morgan fingerprint density at radius 3 is 2.74 bits per heavy atom. The van der Waals surface area contributed by atoms with Crippen LogP contribution < -0.4 is 20.7 Å². The summed E-state index contributed by atoms with van der Waals surface area (Å²) in [5, 5.41) is 9.89. The number of anilines is 3. The fourth-order valence-corrected chi connectivity index (χ4v) is 5.07. The smallest absolute Gasteiger partial charge is 0.399 e. The molecule has 0 radical (unpaired) electrons. The van der Waals surface area contributed by atoms with E-state index in [0.717, 1.165) is 49.2 Å². The summed E-state index contributed by atoms with van der Waals surface area (Å²) < 4.78 is 6.64. The highest BCUT2D eigenvalue weighted by Crippen LogP contribution is 2.32. The van der Waals surface area contributed by atoms with Gasteiger partial charge in [-0.1, -0.05) is 0 Å². The second-order valence-corrected chi connectivity index (χ2v) is 9.70. The SMILES string of the molecule is NC(=O)Oc1cc(-c2cnc(Nc3ccc(N4CCN(CC5CC5)CC4)nc3)c3ncnn23)cs1. The summed E-state index contributed by atoms with van der Waals surface area (Å²) in [6.45, 7) is 5.45. The molecule has 12 heteroatoms. The summed E-state index contributed by atoms with van der Waals surface area (Å²) in [6.07, 6.45) is 6.94. The number of rotatable bonds is 7. The number of hydrogen-bond acceptors (Lipinski definition) is 10. The minimum absolute atomic E-state index is 0.401. The number of primary amides is 1. The number of aromatic nitrogens is 5. The Morgan fingerprint density at radius 1 is 1.14 bits per heavy atom. The Hall–Kier alpha value is -3.77. The van der Waals surface area contributed by atoms with Gasteiger partial charge < -0.3 is 20.7 Å². The molecule has 0 aromatic carbocycles. The number of ether oxygens (including phenoxy) is 1. The molecule has 180 valence electrons. The molecule has 0 spiro atoms. The van der Waals surface area contributed by atoms with Gasteiger partial charge in [-0.3, -0.25) is 4.90 Å². The first kappa shape index (κ1) is 21.7. The third kappa shape index (κ3) is 4.75. The van der Waals surface area contributed by atoms with E-state index in [0.29, 0.717) is 22.2 Å². The van der Waals surface area contributed by atoms with E-state index in [1.54, 1.807) is 16.8 Å². The van der Waals surface area contributed by atoms with Crippen molar-refractivity contribution in [3.05, 3.63) is 42.3 Å². The molecule has 11 nitrogen and oxygen atoms in total. The van der Waals surface area contributed by atoms with Crippen LogP contribution in [-0.4, -0.2) is 68.3 Å². The number of thiophene rings is 1. The zero-order chi connectivity index (χ0) is 23.8. The molecule has 0 unspecified atom stereocenters. The molecule has 35 heavy (non-hydrogen) atoms. The predicted octanol–water partition coefficient (Wildman–Crippen LogP) is 2.98. The lowest BCUT2D eigenvalue weighted by Crippen LogP contribution is -2.47. The number of nitrogens with zero attached hydrogens (tertiary/aromatic N) is 7. The van der Waals surface area contributed by atoms with E-state index in [4.69, 9.17) is 10.5 Å². The summed E-state index contributed by atoms with van der Waals surface area (Å²) in [7, 11) is 0. The highest BCUT2D eigenvalue weighted by Gasteiger charge is 2.26. The first-order valence-corrected chi connectivity index (χ1v) is 12.5. The minimum Gasteiger partial charge on any atom is -0.399 e. The van der Waals surface area contributed by atoms with E-state index >= 15 is 0 Å². The first-order valence-electron chi connectivity index (χ1n) is 11.6. The number of nitrogens with two attached hydrogens (primary N) is 1. The van der Waals surface area contributed by atoms with E-state index in [1.807, 2.05) is 23.7 Å². The Kier molecular flexibility index (Phi) is 5.66. The molecular formula is C23H25N9O2S. The number of carbonyl (C=O) groups excluding carboxylic acids is 1. The molecule has 0 atom stereocenters. The standard InChI is InChI=1S/C23H25N9O2S/c24-23(33)34-20-9-16(13-35-20)18-11-26-21(22-27-14-28-32(18)22)29-17-3-4-19(25-10-17)31-7-5-30(6-8-31)12-15-1-2-15/h3-4,9-11,13-15H,1-2,5-8,12H2,(H2,24,33)(H,26,29). The maximum absolute atomic E-state index is 11.0. The number of piperazine rings is 1. The van der Waals surface area contributed by atoms with Gasteiger partial charge in [-0.05, 0) is 30.9 Å². The van der Waals surface area contributed by atoms with E-state index in [2.05, 4.69) is 35.2 Å². The summed E-state index contributed by atoms with van der Waals surface area (Å²) >= 11 is 1.27. The molecule has 1 aliphatic carbocycles. The lowest BCUT2D eigenvalue weighted by molar-refractivity contribution is 0.212. The van der Waals surface area contributed by atoms with Gasteiger partial charge in [0.05, 0.1) is 23.8 Å². The molecular weight excluding hydrogens is 466 g/mol. The fourth-order valence-electron chi connectivity index (χ4n) is 4.31. The van der Waals surface area contributed by atoms with Gasteiger partial charge in [0.2, 0.25) is 0 Å². The van der Waals surface area contributed by atoms with Crippen LogP contribution >= 0.6 is 11.3 Å². The van der Waals surface area contributed by atoms with Crippen LogP contribution in [0.4, 0.5) is 22.1 Å². The van der Waals surface area contributed by atoms with Crippen LogP contribution in [0.1, 0.15) is 12.8 Å². The lowest BCUT2D eigenvalue weighted by Gasteiger charge is -2.35. The molecule has 3 N–H and O–H groups in total. The number of amides is 1. The molecule has 0 bridgehead atoms. The molecule has 1 saturated heterocycles. The minimum atomic E-state index is -0.850. The molecule has 2 fully saturated rings. The Bertz CT molecular complexity index is 1340. The third-order valence-electron chi connectivity index (χ3n) is 6.30. The van der Waals surface area contributed by atoms with Crippen molar-refractivity contribution in [2.24, 2.45) is 11.7 Å². The number of hydrogen-bond donors (Lipinski definition) is 2. The summed E-state index contributed by atoms with van der Waals surface area (Å²) in [6, 6.07) is 5.77. The lowest BCUT2D eigenvalue weighted by atomic mass is 10.2. The normalized spacial score (nSPS) is 16.5. The van der Waals surface area contributed by atoms with Gasteiger partial charge >= 0.3 is 6.09 Å². The van der Waals surface area contributed by atoms with Gasteiger partial charge in [-0.25, -0.2) is 24.3 Å². The molecule has 4 aromatic heterocycles. The fraction of sp³-hybridized carbons (Fsp3) is 0.348. The van der Waals surface area contributed by atoms with Gasteiger partial charge in [-0.2, -0.15) is 5.10 Å². The van der Waals surface area contributed by atoms with Gasteiger partial charge in [-0.15, -0.1) is 11.3 Å². The number of nitrogens with one attached hydrogen (secondary N) is 1. The summed E-state index contributed by atoms with van der Waals surface area (Å²) in [5.74, 6) is 2.49. The average molecular weight is 492 g/mol. The van der Waals surface area contributed by atoms with Crippen molar-refractivity contribution in [3.63, 3.8) is 0 Å². The molecule has 2 aliphatic rings. The van der Waals surface area contributed by atoms with Crippen LogP contribution in [-0.2, 0) is 0 Å². The van der Waals surface area contributed by atoms with E-state index in [1.165, 1.54) is 37.1 Å². The van der Waals surface area contributed by atoms with Crippen LogP contribution in [0.3, 0.4) is 0 Å². The van der Waals surface area contributed by atoms with Gasteiger partial charge in [0.1, 0.15) is 12.1 Å². The van der Waals surface area contributed by atoms with Crippen molar-refractivity contribution in [2.45, 2.75) is 12.8 Å². The average Bonchev–Trinajstić information content (AvgIpc) is 3.33. The van der Waals surface area contributed by atoms with Crippen molar-refractivity contribution < 1.29 is 9.53 Å². The largest absolute Gasteiger partial charge is 0.410 e. The second kappa shape index (κ2) is 9.12. The molecule has 1 amide bonds. The maximum atomic E-state index is 11.0. The van der Waals surface area contributed by atoms with Crippen molar-refractivity contribution in [3.8, 4) is 16.3 Å². The third-order valence-corrected chi connectivity index (χ3v) is 7.10. The van der Waals surface area contributed by atoms with Crippen LogP contribution in [0.2, 0.25) is 0 Å². The quantitative estimate of drug-likeness (QED) is 0.401. The van der Waals surface area contributed by atoms with Crippen LogP contribution in [0.5, 0.6) is 5.06 Å². The summed E-state index contributed by atoms with van der Waals surface area (Å²) in [4.78, 5) is 29.5. The number of fused-ring (bicyclic) bond motifs is 1. The van der Waals surface area contributed by atoms with Crippen LogP contribution in [0.15, 0.2) is 42.3 Å². The molecule has 4 aromatic rings. The van der Waals surface area contributed by atoms with Gasteiger partial charge in [0, 0.05) is 49.7 Å². The number of carbonyl (C=O) groups is 1. The van der Waals surface area contributed by atoms with Crippen molar-refractivity contribution in [2.75, 3.05) is 42.9 Å². The van der Waals surface area contributed by atoms with E-state index in [9.17, 15) is 4.79 Å². The second-order valence-electron chi connectivity index (χ2n) is 8.82. The zero-order valence-electron chi connectivity index (χ0n) is 19.0. The van der Waals surface area contributed by atoms with Gasteiger partial charge in [0.15, 0.2) is 16.5 Å². The Labute approximate surface area is 205 Å². The molecule has 1 saturated carbocycles. The van der Waals surface area contributed by atoms with Crippen molar-refractivity contribution >= 4 is 40.4 Å². The highest BCUT2D eigenvalue weighted by atomic mass is 32.1. The monoisotopic (exact) mass is 491 g/mol. The predicted molar refractivity (Wildman–Crippen MR) is 133 cm³/mol. The summed E-state index contributed by atoms with van der Waals surface area (Å²) in [5.41, 5.74) is 8.00. The molecule has 6 rings (SSSR count). The van der Waals surface area contributed by atoms with E-state index in [-0.39, 0.29) is 0 Å².